The summed E-state index contributed by atoms with van der Waals surface area (Å²) in [5, 5.41) is 2.26. The van der Waals surface area contributed by atoms with Crippen molar-refractivity contribution in [1.82, 2.24) is 5.32 Å². The second-order valence-electron chi connectivity index (χ2n) is 3.61. The van der Waals surface area contributed by atoms with E-state index < -0.39 is 29.0 Å². The van der Waals surface area contributed by atoms with E-state index >= 15 is 0 Å². The Balaban J connectivity index is 2.87. The van der Waals surface area contributed by atoms with E-state index in [1.54, 1.807) is 6.08 Å². The Labute approximate surface area is 107 Å². The molecule has 3 N–H and O–H groups in total. The number of rotatable bonds is 4. The normalized spacial score (nSPS) is 11.8. The Morgan fingerprint density at radius 3 is 2.58 bits per heavy atom. The molecule has 19 heavy (non-hydrogen) atoms. The molecule has 3 nitrogen and oxygen atoms in total. The van der Waals surface area contributed by atoms with Gasteiger partial charge >= 0.3 is 6.18 Å². The van der Waals surface area contributed by atoms with Crippen LogP contribution in [0.25, 0.3) is 0 Å². The number of hydrogen-bond donors (Lipinski definition) is 2. The Morgan fingerprint density at radius 2 is 2.00 bits per heavy atom. The lowest BCUT2D eigenvalue weighted by molar-refractivity contribution is -0.137. The highest BCUT2D eigenvalue weighted by molar-refractivity contribution is 5.94. The summed E-state index contributed by atoms with van der Waals surface area (Å²) in [4.78, 5) is 11.5. The number of carbonyl (C=O) groups excluding carboxylic acids is 1. The lowest BCUT2D eigenvalue weighted by Crippen LogP contribution is -2.25. The van der Waals surface area contributed by atoms with Crippen LogP contribution in [0.15, 0.2) is 30.4 Å². The van der Waals surface area contributed by atoms with Crippen molar-refractivity contribution in [2.45, 2.75) is 6.18 Å². The standard InChI is InChI=1S/C12H12F4N2O/c13-10-4-3-8(12(14,15)16)7-9(10)11(19)18-6-2-1-5-17/h1-4,7H,5-6,17H2,(H,18,19)/b2-1+. The largest absolute Gasteiger partial charge is 0.416 e. The third-order valence-electron chi connectivity index (χ3n) is 2.22. The maximum Gasteiger partial charge on any atom is 0.416 e. The van der Waals surface area contributed by atoms with Crippen molar-refractivity contribution in [2.24, 2.45) is 5.73 Å². The van der Waals surface area contributed by atoms with Gasteiger partial charge in [0.1, 0.15) is 5.82 Å². The van der Waals surface area contributed by atoms with Gasteiger partial charge in [0.05, 0.1) is 11.1 Å². The molecule has 0 atom stereocenters. The van der Waals surface area contributed by atoms with Crippen molar-refractivity contribution in [3.63, 3.8) is 0 Å². The highest BCUT2D eigenvalue weighted by Crippen LogP contribution is 2.30. The Kier molecular flexibility index (Phi) is 5.05. The maximum atomic E-state index is 13.3. The second-order valence-corrected chi connectivity index (χ2v) is 3.61. The number of nitrogens with two attached hydrogens (primary N) is 1. The lowest BCUT2D eigenvalue weighted by atomic mass is 10.1. The molecule has 0 heterocycles. The summed E-state index contributed by atoms with van der Waals surface area (Å²) < 4.78 is 50.6. The van der Waals surface area contributed by atoms with Crippen LogP contribution >= 0.6 is 0 Å². The van der Waals surface area contributed by atoms with Crippen LogP contribution in [0.1, 0.15) is 15.9 Å². The molecule has 0 unspecified atom stereocenters. The Morgan fingerprint density at radius 1 is 1.32 bits per heavy atom. The maximum absolute atomic E-state index is 13.3. The molecule has 0 aliphatic carbocycles. The molecule has 7 heteroatoms. The van der Waals surface area contributed by atoms with Crippen LogP contribution in [0, 0.1) is 5.82 Å². The average Bonchev–Trinajstić information content (AvgIpc) is 2.33. The van der Waals surface area contributed by atoms with Crippen LogP contribution in [-0.2, 0) is 6.18 Å². The molecule has 1 amide bonds. The fourth-order valence-corrected chi connectivity index (χ4v) is 1.30. The van der Waals surface area contributed by atoms with Crippen molar-refractivity contribution in [3.05, 3.63) is 47.3 Å². The average molecular weight is 276 g/mol. The van der Waals surface area contributed by atoms with Crippen LogP contribution in [0.2, 0.25) is 0 Å². The molecule has 0 aliphatic heterocycles. The zero-order valence-electron chi connectivity index (χ0n) is 9.80. The molecule has 0 saturated heterocycles. The number of benzene rings is 1. The number of carbonyl (C=O) groups is 1. The van der Waals surface area contributed by atoms with E-state index in [-0.39, 0.29) is 13.1 Å². The van der Waals surface area contributed by atoms with Gasteiger partial charge in [-0.25, -0.2) is 4.39 Å². The van der Waals surface area contributed by atoms with Gasteiger partial charge in [-0.2, -0.15) is 13.2 Å². The molecule has 0 saturated carbocycles. The summed E-state index contributed by atoms with van der Waals surface area (Å²) in [6.45, 7) is 0.333. The van der Waals surface area contributed by atoms with Gasteiger partial charge in [-0.1, -0.05) is 12.2 Å². The number of amides is 1. The number of alkyl halides is 3. The molecule has 1 rings (SSSR count). The fraction of sp³-hybridized carbons (Fsp3) is 0.250. The first kappa shape index (κ1) is 15.2. The minimum atomic E-state index is -4.62. The minimum Gasteiger partial charge on any atom is -0.348 e. The van der Waals surface area contributed by atoms with Gasteiger partial charge < -0.3 is 11.1 Å². The first-order valence-electron chi connectivity index (χ1n) is 5.36. The van der Waals surface area contributed by atoms with Crippen molar-refractivity contribution in [1.29, 1.82) is 0 Å². The summed E-state index contributed by atoms with van der Waals surface area (Å²) >= 11 is 0. The quantitative estimate of drug-likeness (QED) is 0.653. The SMILES string of the molecule is NC/C=C/CNC(=O)c1cc(C(F)(F)F)ccc1F. The van der Waals surface area contributed by atoms with Gasteiger partial charge in [0.25, 0.3) is 5.91 Å². The molecule has 0 bridgehead atoms. The Hall–Kier alpha value is -1.89. The third-order valence-corrected chi connectivity index (χ3v) is 2.22. The molecule has 1 aromatic carbocycles. The summed E-state index contributed by atoms with van der Waals surface area (Å²) in [5.41, 5.74) is 3.45. The number of hydrogen-bond acceptors (Lipinski definition) is 2. The molecule has 0 aliphatic rings. The first-order valence-corrected chi connectivity index (χ1v) is 5.36. The van der Waals surface area contributed by atoms with E-state index in [4.69, 9.17) is 5.73 Å². The monoisotopic (exact) mass is 276 g/mol. The molecule has 0 spiro atoms. The molecular weight excluding hydrogens is 264 g/mol. The van der Waals surface area contributed by atoms with Crippen LogP contribution in [0.5, 0.6) is 0 Å². The van der Waals surface area contributed by atoms with E-state index in [9.17, 15) is 22.4 Å². The van der Waals surface area contributed by atoms with E-state index in [0.29, 0.717) is 18.2 Å². The molecule has 0 radical (unpaired) electrons. The molecule has 104 valence electrons. The van der Waals surface area contributed by atoms with Gasteiger partial charge in [0.15, 0.2) is 0 Å². The van der Waals surface area contributed by atoms with Crippen LogP contribution < -0.4 is 11.1 Å². The zero-order chi connectivity index (χ0) is 14.5. The summed E-state index contributed by atoms with van der Waals surface area (Å²) in [5.74, 6) is -1.92. The predicted molar refractivity (Wildman–Crippen MR) is 61.9 cm³/mol. The summed E-state index contributed by atoms with van der Waals surface area (Å²) in [6.07, 6.45) is -1.55. The fourth-order valence-electron chi connectivity index (χ4n) is 1.30. The highest BCUT2D eigenvalue weighted by atomic mass is 19.4. The van der Waals surface area contributed by atoms with Gasteiger partial charge in [-0.3, -0.25) is 4.79 Å². The van der Waals surface area contributed by atoms with Crippen molar-refractivity contribution in [3.8, 4) is 0 Å². The van der Waals surface area contributed by atoms with Crippen LogP contribution in [0.4, 0.5) is 17.6 Å². The molecule has 0 aromatic heterocycles. The number of nitrogens with one attached hydrogen (secondary N) is 1. The van der Waals surface area contributed by atoms with Crippen LogP contribution in [0.3, 0.4) is 0 Å². The lowest BCUT2D eigenvalue weighted by Gasteiger charge is -2.09. The highest BCUT2D eigenvalue weighted by Gasteiger charge is 2.31. The van der Waals surface area contributed by atoms with E-state index in [1.165, 1.54) is 6.08 Å². The predicted octanol–water partition coefficient (Wildman–Crippen LogP) is 2.09. The van der Waals surface area contributed by atoms with E-state index in [1.807, 2.05) is 0 Å². The van der Waals surface area contributed by atoms with Gasteiger partial charge in [0, 0.05) is 13.1 Å². The minimum absolute atomic E-state index is 0.0612. The topological polar surface area (TPSA) is 55.1 Å². The van der Waals surface area contributed by atoms with E-state index in [0.717, 1.165) is 0 Å². The van der Waals surface area contributed by atoms with Gasteiger partial charge in [0.2, 0.25) is 0 Å². The summed E-state index contributed by atoms with van der Waals surface area (Å²) in [6, 6.07) is 1.69. The van der Waals surface area contributed by atoms with Gasteiger partial charge in [-0.05, 0) is 18.2 Å². The molecule has 0 fully saturated rings. The molecule has 1 aromatic rings. The van der Waals surface area contributed by atoms with E-state index in [2.05, 4.69) is 5.32 Å². The van der Waals surface area contributed by atoms with Gasteiger partial charge in [-0.15, -0.1) is 0 Å². The second kappa shape index (κ2) is 6.33. The summed E-state index contributed by atoms with van der Waals surface area (Å²) in [7, 11) is 0. The number of halogens is 4. The zero-order valence-corrected chi connectivity index (χ0v) is 9.80. The first-order chi connectivity index (χ1) is 8.86. The third kappa shape index (κ3) is 4.36. The van der Waals surface area contributed by atoms with Crippen molar-refractivity contribution < 1.29 is 22.4 Å². The van der Waals surface area contributed by atoms with Crippen LogP contribution in [-0.4, -0.2) is 19.0 Å². The van der Waals surface area contributed by atoms with Crippen molar-refractivity contribution >= 4 is 5.91 Å². The Bertz CT molecular complexity index is 483. The van der Waals surface area contributed by atoms with Crippen molar-refractivity contribution in [2.75, 3.05) is 13.1 Å². The molecular formula is C12H12F4N2O. The smallest absolute Gasteiger partial charge is 0.348 e.